The largest absolute Gasteiger partial charge is 0.327 e. The van der Waals surface area contributed by atoms with E-state index in [0.29, 0.717) is 6.54 Å². The fraction of sp³-hybridized carbons (Fsp3) is 0.500. The molecule has 0 aliphatic heterocycles. The molecule has 0 aliphatic rings. The molecule has 0 atom stereocenters. The van der Waals surface area contributed by atoms with Crippen molar-refractivity contribution >= 4 is 11.3 Å². The van der Waals surface area contributed by atoms with Gasteiger partial charge in [0, 0.05) is 25.0 Å². The van der Waals surface area contributed by atoms with Crippen LogP contribution in [-0.2, 0) is 6.54 Å². The van der Waals surface area contributed by atoms with Crippen molar-refractivity contribution in [1.29, 1.82) is 0 Å². The Morgan fingerprint density at radius 1 is 1.71 bits per heavy atom. The number of hydrogen-bond donors (Lipinski definition) is 1. The Labute approximate surface area is 89.3 Å². The second-order valence-electron chi connectivity index (χ2n) is 3.48. The molecule has 0 aliphatic carbocycles. The summed E-state index contributed by atoms with van der Waals surface area (Å²) in [7, 11) is 2.05. The summed E-state index contributed by atoms with van der Waals surface area (Å²) in [6, 6.07) is 0. The Bertz CT molecular complexity index is 306. The summed E-state index contributed by atoms with van der Waals surface area (Å²) >= 11 is 1.69. The molecular weight excluding hydrogens is 194 g/mol. The van der Waals surface area contributed by atoms with Crippen LogP contribution >= 0.6 is 11.3 Å². The van der Waals surface area contributed by atoms with Crippen LogP contribution in [-0.4, -0.2) is 30.0 Å². The van der Waals surface area contributed by atoms with Crippen molar-refractivity contribution in [3.63, 3.8) is 0 Å². The molecular formula is C10H17N3S. The van der Waals surface area contributed by atoms with Crippen LogP contribution in [0.15, 0.2) is 17.5 Å². The Balaban J connectivity index is 2.41. The molecule has 0 spiro atoms. The van der Waals surface area contributed by atoms with Crippen LogP contribution < -0.4 is 5.73 Å². The van der Waals surface area contributed by atoms with Crippen LogP contribution in [0.1, 0.15) is 10.7 Å². The Morgan fingerprint density at radius 2 is 2.43 bits per heavy atom. The number of likely N-dealkylation sites (N-methyl/N-ethyl adjacent to an activating group) is 1. The molecule has 2 N–H and O–H groups in total. The first-order valence-corrected chi connectivity index (χ1v) is 5.46. The fourth-order valence-electron chi connectivity index (χ4n) is 1.26. The van der Waals surface area contributed by atoms with Gasteiger partial charge in [-0.3, -0.25) is 4.90 Å². The summed E-state index contributed by atoms with van der Waals surface area (Å²) in [5.41, 5.74) is 7.66. The number of aromatic nitrogens is 1. The van der Waals surface area contributed by atoms with E-state index < -0.39 is 0 Å². The third-order valence-corrected chi connectivity index (χ3v) is 2.70. The third-order valence-electron chi connectivity index (χ3n) is 1.88. The molecule has 1 aromatic heterocycles. The van der Waals surface area contributed by atoms with E-state index in [1.165, 1.54) is 0 Å². The van der Waals surface area contributed by atoms with Crippen LogP contribution in [0.25, 0.3) is 0 Å². The van der Waals surface area contributed by atoms with Gasteiger partial charge in [-0.15, -0.1) is 11.3 Å². The molecule has 78 valence electrons. The molecule has 4 heteroatoms. The quantitative estimate of drug-likeness (QED) is 0.749. The maximum Gasteiger partial charge on any atom is 0.0897 e. The minimum atomic E-state index is 0.556. The van der Waals surface area contributed by atoms with Gasteiger partial charge in [0.2, 0.25) is 0 Å². The van der Waals surface area contributed by atoms with Crippen molar-refractivity contribution in [1.82, 2.24) is 9.88 Å². The van der Waals surface area contributed by atoms with Gasteiger partial charge in [-0.2, -0.15) is 0 Å². The summed E-state index contributed by atoms with van der Waals surface area (Å²) in [5.74, 6) is 0. The molecule has 3 nitrogen and oxygen atoms in total. The fourth-order valence-corrected chi connectivity index (χ4v) is 1.86. The highest BCUT2D eigenvalue weighted by Crippen LogP contribution is 2.09. The number of nitrogens with two attached hydrogens (primary N) is 1. The lowest BCUT2D eigenvalue weighted by Crippen LogP contribution is -2.23. The Morgan fingerprint density at radius 3 is 2.93 bits per heavy atom. The first kappa shape index (κ1) is 11.4. The van der Waals surface area contributed by atoms with Crippen molar-refractivity contribution in [2.24, 2.45) is 5.73 Å². The van der Waals surface area contributed by atoms with E-state index in [2.05, 4.69) is 28.9 Å². The van der Waals surface area contributed by atoms with Gasteiger partial charge in [-0.05, 0) is 19.5 Å². The van der Waals surface area contributed by atoms with E-state index in [-0.39, 0.29) is 0 Å². The SMILES string of the molecule is C=C(CN)CN(C)Cc1csc(C)n1. The average Bonchev–Trinajstić information content (AvgIpc) is 2.50. The van der Waals surface area contributed by atoms with Gasteiger partial charge in [0.05, 0.1) is 10.7 Å². The van der Waals surface area contributed by atoms with Gasteiger partial charge < -0.3 is 5.73 Å². The molecule has 0 unspecified atom stereocenters. The van der Waals surface area contributed by atoms with Crippen LogP contribution in [0.3, 0.4) is 0 Å². The van der Waals surface area contributed by atoms with Crippen LogP contribution in [0, 0.1) is 6.92 Å². The zero-order valence-electron chi connectivity index (χ0n) is 8.79. The maximum absolute atomic E-state index is 5.48. The molecule has 0 saturated heterocycles. The zero-order chi connectivity index (χ0) is 10.6. The predicted molar refractivity (Wildman–Crippen MR) is 61.4 cm³/mol. The third kappa shape index (κ3) is 3.57. The number of thiazole rings is 1. The van der Waals surface area contributed by atoms with Gasteiger partial charge in [0.25, 0.3) is 0 Å². The van der Waals surface area contributed by atoms with Gasteiger partial charge in [0.1, 0.15) is 0 Å². The first-order chi connectivity index (χ1) is 6.61. The molecule has 0 bridgehead atoms. The summed E-state index contributed by atoms with van der Waals surface area (Å²) < 4.78 is 0. The monoisotopic (exact) mass is 211 g/mol. The van der Waals surface area contributed by atoms with Crippen molar-refractivity contribution in [2.75, 3.05) is 20.1 Å². The number of hydrogen-bond acceptors (Lipinski definition) is 4. The maximum atomic E-state index is 5.48. The summed E-state index contributed by atoms with van der Waals surface area (Å²) in [6.07, 6.45) is 0. The van der Waals surface area contributed by atoms with E-state index in [4.69, 9.17) is 5.73 Å². The second kappa shape index (κ2) is 5.24. The topological polar surface area (TPSA) is 42.1 Å². The highest BCUT2D eigenvalue weighted by molar-refractivity contribution is 7.09. The summed E-state index contributed by atoms with van der Waals surface area (Å²) in [6.45, 7) is 8.16. The van der Waals surface area contributed by atoms with Crippen molar-refractivity contribution in [3.05, 3.63) is 28.2 Å². The molecule has 1 rings (SSSR count). The smallest absolute Gasteiger partial charge is 0.0897 e. The van der Waals surface area contributed by atoms with Crippen molar-refractivity contribution in [3.8, 4) is 0 Å². The Hall–Kier alpha value is -0.710. The molecule has 0 aromatic carbocycles. The Kier molecular flexibility index (Phi) is 4.25. The number of nitrogens with zero attached hydrogens (tertiary/aromatic N) is 2. The standard InChI is InChI=1S/C10H17N3S/c1-8(4-11)5-13(3)6-10-7-14-9(2)12-10/h7H,1,4-6,11H2,2-3H3. The van der Waals surface area contributed by atoms with Crippen LogP contribution in [0.2, 0.25) is 0 Å². The van der Waals surface area contributed by atoms with Gasteiger partial charge >= 0.3 is 0 Å². The molecule has 0 amide bonds. The van der Waals surface area contributed by atoms with E-state index in [0.717, 1.165) is 29.4 Å². The summed E-state index contributed by atoms with van der Waals surface area (Å²) in [4.78, 5) is 6.57. The zero-order valence-corrected chi connectivity index (χ0v) is 9.60. The molecule has 1 aromatic rings. The average molecular weight is 211 g/mol. The van der Waals surface area contributed by atoms with Crippen molar-refractivity contribution < 1.29 is 0 Å². The lowest BCUT2D eigenvalue weighted by molar-refractivity contribution is 0.350. The van der Waals surface area contributed by atoms with E-state index in [9.17, 15) is 0 Å². The first-order valence-electron chi connectivity index (χ1n) is 4.58. The van der Waals surface area contributed by atoms with E-state index in [1.807, 2.05) is 6.92 Å². The number of rotatable bonds is 5. The lowest BCUT2D eigenvalue weighted by Gasteiger charge is -2.15. The number of aryl methyl sites for hydroxylation is 1. The molecule has 14 heavy (non-hydrogen) atoms. The van der Waals surface area contributed by atoms with Gasteiger partial charge in [0.15, 0.2) is 0 Å². The summed E-state index contributed by atoms with van der Waals surface area (Å²) in [5, 5.41) is 3.21. The molecule has 0 saturated carbocycles. The normalized spacial score (nSPS) is 10.9. The molecule has 0 fully saturated rings. The van der Waals surface area contributed by atoms with Gasteiger partial charge in [-0.25, -0.2) is 4.98 Å². The second-order valence-corrected chi connectivity index (χ2v) is 4.55. The highest BCUT2D eigenvalue weighted by atomic mass is 32.1. The minimum absolute atomic E-state index is 0.556. The van der Waals surface area contributed by atoms with Crippen LogP contribution in [0.5, 0.6) is 0 Å². The highest BCUT2D eigenvalue weighted by Gasteiger charge is 2.04. The van der Waals surface area contributed by atoms with Gasteiger partial charge in [-0.1, -0.05) is 6.58 Å². The van der Waals surface area contributed by atoms with E-state index in [1.54, 1.807) is 11.3 Å². The lowest BCUT2D eigenvalue weighted by atomic mass is 10.3. The minimum Gasteiger partial charge on any atom is -0.327 e. The van der Waals surface area contributed by atoms with Crippen molar-refractivity contribution in [2.45, 2.75) is 13.5 Å². The molecule has 1 heterocycles. The predicted octanol–water partition coefficient (Wildman–Crippen LogP) is 1.40. The van der Waals surface area contributed by atoms with Crippen LogP contribution in [0.4, 0.5) is 0 Å². The van der Waals surface area contributed by atoms with E-state index >= 15 is 0 Å². The molecule has 0 radical (unpaired) electrons.